The van der Waals surface area contributed by atoms with Gasteiger partial charge in [-0.15, -0.1) is 0 Å². The van der Waals surface area contributed by atoms with Crippen LogP contribution >= 0.6 is 15.9 Å². The predicted octanol–water partition coefficient (Wildman–Crippen LogP) is 1.31. The van der Waals surface area contributed by atoms with E-state index >= 15 is 0 Å². The lowest BCUT2D eigenvalue weighted by molar-refractivity contribution is -0.117. The first kappa shape index (κ1) is 13.2. The number of aliphatic hydroxyl groups excluding tert-OH is 1. The van der Waals surface area contributed by atoms with Crippen LogP contribution in [-0.2, 0) is 4.79 Å². The minimum absolute atomic E-state index is 0.0544. The highest BCUT2D eigenvalue weighted by Crippen LogP contribution is 2.20. The lowest BCUT2D eigenvalue weighted by Gasteiger charge is -2.14. The molecular weight excluding hydrogens is 272 g/mol. The number of para-hydroxylation sites is 1. The summed E-state index contributed by atoms with van der Waals surface area (Å²) in [6.07, 6.45) is 0. The third-order valence-electron chi connectivity index (χ3n) is 2.04. The number of benzene rings is 1. The van der Waals surface area contributed by atoms with E-state index in [0.717, 1.165) is 10.2 Å². The van der Waals surface area contributed by atoms with Gasteiger partial charge in [0, 0.05) is 11.0 Å². The quantitative estimate of drug-likeness (QED) is 0.858. The lowest BCUT2D eigenvalue weighted by atomic mass is 10.3. The Hall–Kier alpha value is -0.910. The first-order valence-corrected chi connectivity index (χ1v) is 5.76. The van der Waals surface area contributed by atoms with E-state index in [1.807, 2.05) is 24.3 Å². The molecule has 88 valence electrons. The molecule has 0 aromatic heterocycles. The normalized spacial score (nSPS) is 10.5. The smallest absolute Gasteiger partial charge is 0.238 e. The van der Waals surface area contributed by atoms with E-state index in [0.29, 0.717) is 6.54 Å². The van der Waals surface area contributed by atoms with Crippen molar-refractivity contribution in [1.29, 1.82) is 0 Å². The third kappa shape index (κ3) is 4.30. The van der Waals surface area contributed by atoms with Crippen LogP contribution in [-0.4, -0.2) is 42.7 Å². The molecule has 0 aliphatic carbocycles. The molecule has 4 nitrogen and oxygen atoms in total. The number of likely N-dealkylation sites (N-methyl/N-ethyl adjacent to an activating group) is 1. The van der Waals surface area contributed by atoms with Gasteiger partial charge in [-0.25, -0.2) is 0 Å². The number of nitrogens with zero attached hydrogens (tertiary/aromatic N) is 1. The van der Waals surface area contributed by atoms with Gasteiger partial charge in [0.2, 0.25) is 5.91 Å². The number of aliphatic hydroxyl groups is 1. The zero-order valence-electron chi connectivity index (χ0n) is 9.11. The van der Waals surface area contributed by atoms with Crippen molar-refractivity contribution in [2.24, 2.45) is 0 Å². The molecule has 0 aliphatic heterocycles. The number of amides is 1. The molecule has 0 radical (unpaired) electrons. The molecule has 0 saturated carbocycles. The van der Waals surface area contributed by atoms with Crippen molar-refractivity contribution >= 4 is 27.5 Å². The molecule has 0 bridgehead atoms. The molecule has 1 amide bonds. The first-order chi connectivity index (χ1) is 7.63. The second-order valence-electron chi connectivity index (χ2n) is 3.49. The van der Waals surface area contributed by atoms with Crippen molar-refractivity contribution < 1.29 is 9.90 Å². The summed E-state index contributed by atoms with van der Waals surface area (Å²) in [5.74, 6) is -0.0946. The number of halogens is 1. The van der Waals surface area contributed by atoms with E-state index in [-0.39, 0.29) is 19.1 Å². The highest BCUT2D eigenvalue weighted by atomic mass is 79.9. The van der Waals surface area contributed by atoms with E-state index in [4.69, 9.17) is 5.11 Å². The minimum Gasteiger partial charge on any atom is -0.395 e. The standard InChI is InChI=1S/C11H15BrN2O2/c1-14(6-7-15)8-11(16)13-10-5-3-2-4-9(10)12/h2-5,15H,6-8H2,1H3,(H,13,16). The maximum atomic E-state index is 11.6. The van der Waals surface area contributed by atoms with Crippen LogP contribution < -0.4 is 5.32 Å². The van der Waals surface area contributed by atoms with Crippen molar-refractivity contribution in [3.05, 3.63) is 28.7 Å². The number of rotatable bonds is 5. The molecule has 0 spiro atoms. The Labute approximate surface area is 103 Å². The van der Waals surface area contributed by atoms with Crippen LogP contribution in [0, 0.1) is 0 Å². The van der Waals surface area contributed by atoms with E-state index in [1.54, 1.807) is 11.9 Å². The van der Waals surface area contributed by atoms with Gasteiger partial charge in [0.15, 0.2) is 0 Å². The van der Waals surface area contributed by atoms with E-state index in [1.165, 1.54) is 0 Å². The van der Waals surface area contributed by atoms with Crippen LogP contribution in [0.5, 0.6) is 0 Å². The van der Waals surface area contributed by atoms with Gasteiger partial charge in [-0.1, -0.05) is 12.1 Å². The summed E-state index contributed by atoms with van der Waals surface area (Å²) in [5, 5.41) is 11.5. The molecule has 1 rings (SSSR count). The fourth-order valence-electron chi connectivity index (χ4n) is 1.25. The average molecular weight is 287 g/mol. The van der Waals surface area contributed by atoms with E-state index in [9.17, 15) is 4.79 Å². The summed E-state index contributed by atoms with van der Waals surface area (Å²) >= 11 is 3.35. The Morgan fingerprint density at radius 1 is 1.50 bits per heavy atom. The van der Waals surface area contributed by atoms with Gasteiger partial charge in [-0.05, 0) is 35.1 Å². The average Bonchev–Trinajstić information content (AvgIpc) is 2.21. The number of anilines is 1. The summed E-state index contributed by atoms with van der Waals surface area (Å²) in [6.45, 7) is 0.810. The molecule has 0 unspecified atom stereocenters. The van der Waals surface area contributed by atoms with Gasteiger partial charge in [0.25, 0.3) is 0 Å². The maximum absolute atomic E-state index is 11.6. The summed E-state index contributed by atoms with van der Waals surface area (Å²) in [7, 11) is 1.79. The van der Waals surface area contributed by atoms with Gasteiger partial charge in [-0.2, -0.15) is 0 Å². The largest absolute Gasteiger partial charge is 0.395 e. The fourth-order valence-corrected chi connectivity index (χ4v) is 1.63. The number of carbonyl (C=O) groups excluding carboxylic acids is 1. The Morgan fingerprint density at radius 2 is 2.19 bits per heavy atom. The second kappa shape index (κ2) is 6.62. The van der Waals surface area contributed by atoms with Crippen LogP contribution in [0.1, 0.15) is 0 Å². The highest BCUT2D eigenvalue weighted by molar-refractivity contribution is 9.10. The Kier molecular flexibility index (Phi) is 5.45. The number of hydrogen-bond donors (Lipinski definition) is 2. The minimum atomic E-state index is -0.0946. The highest BCUT2D eigenvalue weighted by Gasteiger charge is 2.07. The van der Waals surface area contributed by atoms with Gasteiger partial charge in [-0.3, -0.25) is 9.69 Å². The van der Waals surface area contributed by atoms with Gasteiger partial charge in [0.05, 0.1) is 18.8 Å². The van der Waals surface area contributed by atoms with Crippen LogP contribution in [0.3, 0.4) is 0 Å². The Balaban J connectivity index is 2.49. The summed E-state index contributed by atoms with van der Waals surface area (Å²) in [4.78, 5) is 13.4. The molecule has 0 saturated heterocycles. The Bertz CT molecular complexity index is 358. The molecule has 0 aliphatic rings. The van der Waals surface area contributed by atoms with Crippen molar-refractivity contribution in [3.8, 4) is 0 Å². The van der Waals surface area contributed by atoms with E-state index in [2.05, 4.69) is 21.2 Å². The predicted molar refractivity (Wildman–Crippen MR) is 67.4 cm³/mol. The SMILES string of the molecule is CN(CCO)CC(=O)Nc1ccccc1Br. The fraction of sp³-hybridized carbons (Fsp3) is 0.364. The molecule has 2 N–H and O–H groups in total. The van der Waals surface area contributed by atoms with Crippen molar-refractivity contribution in [2.75, 3.05) is 32.1 Å². The van der Waals surface area contributed by atoms with Crippen molar-refractivity contribution in [1.82, 2.24) is 4.90 Å². The molecular formula is C11H15BrN2O2. The molecule has 0 heterocycles. The molecule has 0 atom stereocenters. The zero-order chi connectivity index (χ0) is 12.0. The van der Waals surface area contributed by atoms with Crippen molar-refractivity contribution in [2.45, 2.75) is 0 Å². The summed E-state index contributed by atoms with van der Waals surface area (Å²) in [5.41, 5.74) is 0.755. The first-order valence-electron chi connectivity index (χ1n) is 4.97. The van der Waals surface area contributed by atoms with Crippen LogP contribution in [0.15, 0.2) is 28.7 Å². The molecule has 1 aromatic rings. The molecule has 16 heavy (non-hydrogen) atoms. The molecule has 1 aromatic carbocycles. The number of hydrogen-bond acceptors (Lipinski definition) is 3. The second-order valence-corrected chi connectivity index (χ2v) is 4.34. The third-order valence-corrected chi connectivity index (χ3v) is 2.73. The van der Waals surface area contributed by atoms with E-state index < -0.39 is 0 Å². The lowest BCUT2D eigenvalue weighted by Crippen LogP contribution is -2.32. The summed E-state index contributed by atoms with van der Waals surface area (Å²) in [6, 6.07) is 7.44. The Morgan fingerprint density at radius 3 is 2.81 bits per heavy atom. The van der Waals surface area contributed by atoms with Gasteiger partial charge >= 0.3 is 0 Å². The topological polar surface area (TPSA) is 52.6 Å². The zero-order valence-corrected chi connectivity index (χ0v) is 10.7. The summed E-state index contributed by atoms with van der Waals surface area (Å²) < 4.78 is 0.855. The van der Waals surface area contributed by atoms with Gasteiger partial charge in [0.1, 0.15) is 0 Å². The van der Waals surface area contributed by atoms with Gasteiger partial charge < -0.3 is 10.4 Å². The molecule has 5 heteroatoms. The van der Waals surface area contributed by atoms with Crippen LogP contribution in [0.4, 0.5) is 5.69 Å². The monoisotopic (exact) mass is 286 g/mol. The van der Waals surface area contributed by atoms with Crippen LogP contribution in [0.2, 0.25) is 0 Å². The van der Waals surface area contributed by atoms with Crippen molar-refractivity contribution in [3.63, 3.8) is 0 Å². The van der Waals surface area contributed by atoms with Crippen LogP contribution in [0.25, 0.3) is 0 Å². The number of carbonyl (C=O) groups is 1. The molecule has 0 fully saturated rings. The number of nitrogens with one attached hydrogen (secondary N) is 1. The maximum Gasteiger partial charge on any atom is 0.238 e.